The number of piperazine rings is 1. The van der Waals surface area contributed by atoms with Gasteiger partial charge in [0.1, 0.15) is 11.5 Å². The standard InChI is InChI=1S/C34H34BF3N6O3/c1-21-17-22(2)43-31(21)20-25-9-8-24(44(25)35(43,37)38)10-12-32(45)41-13-15-42(16-14-41)34(47)28-18-23(7-11-29(28)36)19-30-26-5-3-4-6-27(26)33(46)40-39-30/h3-9,11,17-18,20-21,31H,10,12-16,19H2,1-2H3,(H,40,46). The third kappa shape index (κ3) is 5.37. The van der Waals surface area contributed by atoms with Gasteiger partial charge in [0.05, 0.1) is 16.6 Å². The molecular formula is C34H34BF3N6O3. The second-order valence-electron chi connectivity index (χ2n) is 12.6. The van der Waals surface area contributed by atoms with Crippen LogP contribution in [0.25, 0.3) is 10.8 Å². The minimum Gasteiger partial charge on any atom is -0.417 e. The number of nitrogens with zero attached hydrogens (tertiary/aromatic N) is 5. The van der Waals surface area contributed by atoms with E-state index in [1.807, 2.05) is 25.1 Å². The Morgan fingerprint density at radius 3 is 2.51 bits per heavy atom. The van der Waals surface area contributed by atoms with Gasteiger partial charge in [-0.05, 0) is 42.3 Å². The Labute approximate surface area is 269 Å². The molecule has 3 aromatic rings. The molecule has 1 saturated heterocycles. The van der Waals surface area contributed by atoms with E-state index in [0.29, 0.717) is 39.1 Å². The molecule has 4 aliphatic rings. The summed E-state index contributed by atoms with van der Waals surface area (Å²) in [4.78, 5) is 43.1. The number of aromatic amines is 1. The zero-order valence-corrected chi connectivity index (χ0v) is 26.1. The molecule has 5 heterocycles. The van der Waals surface area contributed by atoms with Gasteiger partial charge in [-0.15, -0.1) is 0 Å². The number of halogens is 3. The van der Waals surface area contributed by atoms with Crippen LogP contribution in [0.3, 0.4) is 0 Å². The monoisotopic (exact) mass is 642 g/mol. The number of hydrogen-bond acceptors (Lipinski definition) is 5. The van der Waals surface area contributed by atoms with E-state index in [9.17, 15) is 18.8 Å². The fourth-order valence-electron chi connectivity index (χ4n) is 7.33. The number of aromatic nitrogens is 2. The summed E-state index contributed by atoms with van der Waals surface area (Å²) in [7, 11) is 0. The van der Waals surface area contributed by atoms with Gasteiger partial charge in [0.25, 0.3) is 11.5 Å². The van der Waals surface area contributed by atoms with Gasteiger partial charge in [-0.25, -0.2) is 9.49 Å². The van der Waals surface area contributed by atoms with Gasteiger partial charge in [-0.2, -0.15) is 5.10 Å². The number of nitrogens with one attached hydrogen (secondary N) is 1. The summed E-state index contributed by atoms with van der Waals surface area (Å²) < 4.78 is 47.5. The van der Waals surface area contributed by atoms with Crippen molar-refractivity contribution in [3.63, 3.8) is 0 Å². The molecule has 242 valence electrons. The molecule has 0 bridgehead atoms. The Morgan fingerprint density at radius 1 is 1.02 bits per heavy atom. The number of allylic oxidation sites excluding steroid dienone is 3. The average Bonchev–Trinajstić information content (AvgIpc) is 3.62. The van der Waals surface area contributed by atoms with Crippen molar-refractivity contribution in [3.05, 3.63) is 111 Å². The van der Waals surface area contributed by atoms with E-state index in [4.69, 9.17) is 0 Å². The molecule has 2 aromatic carbocycles. The molecule has 0 spiro atoms. The highest BCUT2D eigenvalue weighted by Crippen LogP contribution is 2.41. The quantitative estimate of drug-likeness (QED) is 0.407. The highest BCUT2D eigenvalue weighted by atomic mass is 19.2. The molecule has 2 amide bonds. The highest BCUT2D eigenvalue weighted by Gasteiger charge is 2.58. The van der Waals surface area contributed by atoms with E-state index in [-0.39, 0.29) is 74.4 Å². The topological polar surface area (TPSA) is 92.6 Å². The maximum absolute atomic E-state index is 15.8. The molecule has 0 saturated carbocycles. The van der Waals surface area contributed by atoms with Crippen molar-refractivity contribution >= 4 is 35.3 Å². The lowest BCUT2D eigenvalue weighted by Crippen LogP contribution is -2.60. The smallest absolute Gasteiger partial charge is 0.417 e. The lowest BCUT2D eigenvalue weighted by molar-refractivity contribution is -0.377. The number of amides is 2. The second-order valence-corrected chi connectivity index (χ2v) is 12.6. The number of fused-ring (bicyclic) bond motifs is 3. The Bertz CT molecular complexity index is 2000. The predicted octanol–water partition coefficient (Wildman–Crippen LogP) is 4.24. The molecule has 2 atom stereocenters. The molecule has 7 rings (SSSR count). The third-order valence-electron chi connectivity index (χ3n) is 9.71. The van der Waals surface area contributed by atoms with Crippen LogP contribution in [-0.4, -0.2) is 86.0 Å². The van der Waals surface area contributed by atoms with Crippen LogP contribution in [0.15, 0.2) is 83.0 Å². The lowest BCUT2D eigenvalue weighted by Gasteiger charge is -2.42. The van der Waals surface area contributed by atoms with Crippen molar-refractivity contribution in [2.24, 2.45) is 5.92 Å². The van der Waals surface area contributed by atoms with E-state index in [1.165, 1.54) is 21.8 Å². The van der Waals surface area contributed by atoms with Crippen molar-refractivity contribution in [1.29, 1.82) is 0 Å². The predicted molar refractivity (Wildman–Crippen MR) is 172 cm³/mol. The zero-order chi connectivity index (χ0) is 33.0. The summed E-state index contributed by atoms with van der Waals surface area (Å²) in [5.41, 5.74) is 2.32. The first-order chi connectivity index (χ1) is 22.5. The van der Waals surface area contributed by atoms with E-state index < -0.39 is 18.7 Å². The van der Waals surface area contributed by atoms with E-state index in [0.717, 1.165) is 4.49 Å². The summed E-state index contributed by atoms with van der Waals surface area (Å²) in [5.74, 6) is -1.32. The van der Waals surface area contributed by atoms with Crippen LogP contribution in [0, 0.1) is 11.7 Å². The molecule has 47 heavy (non-hydrogen) atoms. The van der Waals surface area contributed by atoms with Gasteiger partial charge in [0, 0.05) is 75.1 Å². The maximum atomic E-state index is 15.8. The van der Waals surface area contributed by atoms with Gasteiger partial charge in [-0.3, -0.25) is 14.4 Å². The van der Waals surface area contributed by atoms with Crippen LogP contribution < -0.4 is 5.56 Å². The zero-order valence-electron chi connectivity index (χ0n) is 26.1. The van der Waals surface area contributed by atoms with E-state index in [2.05, 4.69) is 10.2 Å². The lowest BCUT2D eigenvalue weighted by atomic mass is 9.83. The highest BCUT2D eigenvalue weighted by molar-refractivity contribution is 6.56. The van der Waals surface area contributed by atoms with Crippen LogP contribution in [0.1, 0.15) is 48.3 Å². The molecule has 13 heteroatoms. The Kier molecular flexibility index (Phi) is 7.64. The van der Waals surface area contributed by atoms with Crippen molar-refractivity contribution in [2.75, 3.05) is 26.2 Å². The third-order valence-corrected chi connectivity index (χ3v) is 9.71. The normalized spacial score (nSPS) is 21.6. The first kappa shape index (κ1) is 30.7. The molecule has 1 aromatic heterocycles. The number of benzene rings is 2. The van der Waals surface area contributed by atoms with Crippen LogP contribution in [-0.2, 0) is 11.2 Å². The summed E-state index contributed by atoms with van der Waals surface area (Å²) in [6, 6.07) is 11.0. The molecule has 2 unspecified atom stereocenters. The summed E-state index contributed by atoms with van der Waals surface area (Å²) in [6.07, 6.45) is 7.62. The number of H-pyrrole nitrogens is 1. The van der Waals surface area contributed by atoms with Gasteiger partial charge < -0.3 is 27.7 Å². The Balaban J connectivity index is 0.987. The number of rotatable bonds is 6. The van der Waals surface area contributed by atoms with Crippen molar-refractivity contribution in [1.82, 2.24) is 24.8 Å². The summed E-state index contributed by atoms with van der Waals surface area (Å²) in [6.45, 7) is 0.564. The van der Waals surface area contributed by atoms with Crippen LogP contribution >= 0.6 is 0 Å². The average molecular weight is 642 g/mol. The van der Waals surface area contributed by atoms with Crippen LogP contribution in [0.5, 0.6) is 0 Å². The Morgan fingerprint density at radius 2 is 1.74 bits per heavy atom. The number of carbonyl (C=O) groups is 2. The fraction of sp³-hybridized carbons (Fsp3) is 0.324. The first-order valence-electron chi connectivity index (χ1n) is 15.9. The van der Waals surface area contributed by atoms with E-state index >= 15 is 8.63 Å². The van der Waals surface area contributed by atoms with Crippen LogP contribution in [0.4, 0.5) is 13.0 Å². The maximum Gasteiger partial charge on any atom is 0.733 e. The molecule has 1 fully saturated rings. The molecule has 0 radical (unpaired) electrons. The molecule has 1 N–H and O–H groups in total. The number of hydrogen-bond donors (Lipinski definition) is 1. The van der Waals surface area contributed by atoms with E-state index in [1.54, 1.807) is 48.2 Å². The minimum absolute atomic E-state index is 0.0114. The fourth-order valence-corrected chi connectivity index (χ4v) is 7.33. The summed E-state index contributed by atoms with van der Waals surface area (Å²) in [5, 5.41) is 7.86. The number of carbonyl (C=O) groups excluding carboxylic acids is 2. The largest absolute Gasteiger partial charge is 0.733 e. The first-order valence-corrected chi connectivity index (χ1v) is 15.9. The van der Waals surface area contributed by atoms with Gasteiger partial charge in [0.15, 0.2) is 5.70 Å². The van der Waals surface area contributed by atoms with Crippen molar-refractivity contribution in [3.8, 4) is 0 Å². The Hall–Kier alpha value is -4.94. The van der Waals surface area contributed by atoms with Gasteiger partial charge in [-0.1, -0.05) is 37.3 Å². The van der Waals surface area contributed by atoms with Crippen LogP contribution in [0.2, 0.25) is 0 Å². The molecule has 0 aliphatic carbocycles. The van der Waals surface area contributed by atoms with Crippen molar-refractivity contribution in [2.45, 2.75) is 39.2 Å². The SMILES string of the molecule is CC1=CC(C)C2C=C3C=CC(CCC(=O)N4CCN(C(=O)c5cc(Cc6n[nH]c(=O)c7ccccc67)ccc5F)CC4)=[N+]3[B-](F)(F)N12. The molecule has 4 aliphatic heterocycles. The van der Waals surface area contributed by atoms with Gasteiger partial charge >= 0.3 is 6.97 Å². The second kappa shape index (κ2) is 11.7. The molecule has 9 nitrogen and oxygen atoms in total. The summed E-state index contributed by atoms with van der Waals surface area (Å²) >= 11 is 0. The minimum atomic E-state index is -4.04. The van der Waals surface area contributed by atoms with Crippen molar-refractivity contribution < 1.29 is 27.1 Å². The van der Waals surface area contributed by atoms with Gasteiger partial charge in [0.2, 0.25) is 5.91 Å². The molecular weight excluding hydrogens is 608 g/mol.